The van der Waals surface area contributed by atoms with Crippen LogP contribution in [0.25, 0.3) is 0 Å². The quantitative estimate of drug-likeness (QED) is 0.537. The third-order valence-electron chi connectivity index (χ3n) is 2.46. The van der Waals surface area contributed by atoms with Crippen molar-refractivity contribution in [3.05, 3.63) is 28.2 Å². The summed E-state index contributed by atoms with van der Waals surface area (Å²) in [5.74, 6) is -1.87. The van der Waals surface area contributed by atoms with Crippen molar-refractivity contribution in [3.8, 4) is 5.75 Å². The molecule has 0 atom stereocenters. The van der Waals surface area contributed by atoms with Gasteiger partial charge in [-0.15, -0.1) is 0 Å². The molecule has 1 aromatic rings. The van der Waals surface area contributed by atoms with Gasteiger partial charge in [0.15, 0.2) is 6.61 Å². The van der Waals surface area contributed by atoms with E-state index in [-0.39, 0.29) is 6.61 Å². The molecule has 0 aliphatic rings. The Hall–Kier alpha value is -2.09. The van der Waals surface area contributed by atoms with Crippen LogP contribution in [0.15, 0.2) is 22.7 Å². The summed E-state index contributed by atoms with van der Waals surface area (Å²) in [6.07, 6.45) is 0. The fraction of sp³-hybridized carbons (Fsp3) is 0.400. The number of benzene rings is 1. The molecular weight excluding hydrogens is 366 g/mol. The van der Waals surface area contributed by atoms with E-state index < -0.39 is 23.3 Å². The second-order valence-electron chi connectivity index (χ2n) is 5.93. The van der Waals surface area contributed by atoms with Crippen molar-refractivity contribution in [3.63, 3.8) is 0 Å². The van der Waals surface area contributed by atoms with Gasteiger partial charge in [-0.25, -0.2) is 0 Å². The van der Waals surface area contributed by atoms with E-state index >= 15 is 0 Å². The number of carbonyl (C=O) groups is 3. The van der Waals surface area contributed by atoms with Gasteiger partial charge < -0.3 is 10.1 Å². The van der Waals surface area contributed by atoms with Crippen molar-refractivity contribution in [2.75, 3.05) is 6.61 Å². The number of halogens is 1. The number of rotatable bonds is 3. The lowest BCUT2D eigenvalue weighted by atomic mass is 10.1. The topological polar surface area (TPSA) is 96.5 Å². The van der Waals surface area contributed by atoms with E-state index in [9.17, 15) is 14.4 Å². The SMILES string of the molecule is Cc1ccc(OCC(=O)NNC(=O)C(=O)NC(C)(C)C)c(Br)c1. The lowest BCUT2D eigenvalue weighted by molar-refractivity contribution is -0.141. The molecule has 0 spiro atoms. The van der Waals surface area contributed by atoms with E-state index in [1.54, 1.807) is 26.8 Å². The van der Waals surface area contributed by atoms with Crippen molar-refractivity contribution in [1.29, 1.82) is 0 Å². The maximum absolute atomic E-state index is 11.6. The molecule has 0 radical (unpaired) electrons. The molecule has 0 bridgehead atoms. The van der Waals surface area contributed by atoms with E-state index in [1.165, 1.54) is 0 Å². The number of nitrogens with one attached hydrogen (secondary N) is 3. The molecule has 0 saturated carbocycles. The normalized spacial score (nSPS) is 10.7. The minimum atomic E-state index is -0.954. The maximum Gasteiger partial charge on any atom is 0.327 e. The number of ether oxygens (including phenoxy) is 1. The molecule has 0 fully saturated rings. The van der Waals surface area contributed by atoms with E-state index in [0.717, 1.165) is 10.0 Å². The molecule has 1 aromatic carbocycles. The molecular formula is C15H20BrN3O4. The summed E-state index contributed by atoms with van der Waals surface area (Å²) in [7, 11) is 0. The van der Waals surface area contributed by atoms with Crippen molar-refractivity contribution >= 4 is 33.7 Å². The predicted molar refractivity (Wildman–Crippen MR) is 88.6 cm³/mol. The monoisotopic (exact) mass is 385 g/mol. The van der Waals surface area contributed by atoms with Crippen molar-refractivity contribution in [2.45, 2.75) is 33.2 Å². The maximum atomic E-state index is 11.6. The third-order valence-corrected chi connectivity index (χ3v) is 3.08. The Morgan fingerprint density at radius 3 is 2.35 bits per heavy atom. The summed E-state index contributed by atoms with van der Waals surface area (Å²) in [5, 5.41) is 2.47. The summed E-state index contributed by atoms with van der Waals surface area (Å²) in [6.45, 7) is 6.85. The van der Waals surface area contributed by atoms with Crippen LogP contribution in [0.5, 0.6) is 5.75 Å². The highest BCUT2D eigenvalue weighted by molar-refractivity contribution is 9.10. The Bertz CT molecular complexity index is 611. The molecule has 0 saturated heterocycles. The zero-order chi connectivity index (χ0) is 17.6. The molecule has 0 aliphatic heterocycles. The summed E-state index contributed by atoms with van der Waals surface area (Å²) >= 11 is 3.33. The number of amides is 3. The van der Waals surface area contributed by atoms with Gasteiger partial charge >= 0.3 is 11.8 Å². The Balaban J connectivity index is 2.39. The first-order valence-corrected chi connectivity index (χ1v) is 7.68. The molecule has 8 heteroatoms. The zero-order valence-electron chi connectivity index (χ0n) is 13.5. The molecule has 3 amide bonds. The highest BCUT2D eigenvalue weighted by Gasteiger charge is 2.20. The second kappa shape index (κ2) is 7.96. The number of hydrogen-bond acceptors (Lipinski definition) is 4. The first kappa shape index (κ1) is 19.0. The third kappa shape index (κ3) is 7.14. The van der Waals surface area contributed by atoms with E-state index in [2.05, 4.69) is 26.7 Å². The largest absolute Gasteiger partial charge is 0.483 e. The predicted octanol–water partition coefficient (Wildman–Crippen LogP) is 1.20. The van der Waals surface area contributed by atoms with Gasteiger partial charge in [-0.2, -0.15) is 0 Å². The van der Waals surface area contributed by atoms with Crippen LogP contribution in [0.1, 0.15) is 26.3 Å². The lowest BCUT2D eigenvalue weighted by Crippen LogP contribution is -2.53. The van der Waals surface area contributed by atoms with Gasteiger partial charge in [-0.1, -0.05) is 6.07 Å². The van der Waals surface area contributed by atoms with Crippen molar-refractivity contribution < 1.29 is 19.1 Å². The van der Waals surface area contributed by atoms with E-state index in [1.807, 2.05) is 24.5 Å². The number of carbonyl (C=O) groups excluding carboxylic acids is 3. The lowest BCUT2D eigenvalue weighted by Gasteiger charge is -2.19. The summed E-state index contributed by atoms with van der Waals surface area (Å²) in [6, 6.07) is 5.42. The Kier molecular flexibility index (Phi) is 6.56. The van der Waals surface area contributed by atoms with Crippen molar-refractivity contribution in [2.24, 2.45) is 0 Å². The first-order chi connectivity index (χ1) is 10.6. The van der Waals surface area contributed by atoms with Gasteiger partial charge in [0.1, 0.15) is 5.75 Å². The minimum absolute atomic E-state index is 0.303. The standard InChI is InChI=1S/C15H20BrN3O4/c1-9-5-6-11(10(16)7-9)23-8-12(20)18-19-14(22)13(21)17-15(2,3)4/h5-7H,8H2,1-4H3,(H,17,21)(H,18,20)(H,19,22). The average molecular weight is 386 g/mol. The van der Waals surface area contributed by atoms with Crippen LogP contribution < -0.4 is 20.9 Å². The highest BCUT2D eigenvalue weighted by atomic mass is 79.9. The number of hydrazine groups is 1. The molecule has 0 aliphatic carbocycles. The summed E-state index contributed by atoms with van der Waals surface area (Å²) in [4.78, 5) is 34.6. The van der Waals surface area contributed by atoms with Gasteiger partial charge in [0.25, 0.3) is 5.91 Å². The van der Waals surface area contributed by atoms with Gasteiger partial charge in [-0.05, 0) is 61.3 Å². The molecule has 0 heterocycles. The molecule has 0 aromatic heterocycles. The molecule has 23 heavy (non-hydrogen) atoms. The highest BCUT2D eigenvalue weighted by Crippen LogP contribution is 2.25. The fourth-order valence-corrected chi connectivity index (χ4v) is 2.09. The minimum Gasteiger partial charge on any atom is -0.483 e. The Morgan fingerprint density at radius 2 is 1.78 bits per heavy atom. The molecule has 3 N–H and O–H groups in total. The smallest absolute Gasteiger partial charge is 0.327 e. The summed E-state index contributed by atoms with van der Waals surface area (Å²) < 4.78 is 6.04. The van der Waals surface area contributed by atoms with Crippen LogP contribution >= 0.6 is 15.9 Å². The number of aryl methyl sites for hydroxylation is 1. The van der Waals surface area contributed by atoms with Gasteiger partial charge in [0, 0.05) is 5.54 Å². The molecule has 0 unspecified atom stereocenters. The second-order valence-corrected chi connectivity index (χ2v) is 6.78. The molecule has 7 nitrogen and oxygen atoms in total. The zero-order valence-corrected chi connectivity index (χ0v) is 15.0. The van der Waals surface area contributed by atoms with E-state index in [0.29, 0.717) is 5.75 Å². The van der Waals surface area contributed by atoms with Crippen LogP contribution in [0.2, 0.25) is 0 Å². The average Bonchev–Trinajstić information content (AvgIpc) is 2.41. The first-order valence-electron chi connectivity index (χ1n) is 6.89. The van der Waals surface area contributed by atoms with Crippen LogP contribution in [-0.2, 0) is 14.4 Å². The Morgan fingerprint density at radius 1 is 1.13 bits per heavy atom. The molecule has 126 valence electrons. The van der Waals surface area contributed by atoms with Gasteiger partial charge in [0.2, 0.25) is 0 Å². The van der Waals surface area contributed by atoms with Gasteiger partial charge in [-0.3, -0.25) is 25.2 Å². The van der Waals surface area contributed by atoms with Crippen LogP contribution in [0.3, 0.4) is 0 Å². The van der Waals surface area contributed by atoms with Crippen molar-refractivity contribution in [1.82, 2.24) is 16.2 Å². The fourth-order valence-electron chi connectivity index (χ4n) is 1.48. The van der Waals surface area contributed by atoms with Gasteiger partial charge in [0.05, 0.1) is 4.47 Å². The summed E-state index contributed by atoms with van der Waals surface area (Å²) in [5.41, 5.74) is 4.64. The Labute approximate surface area is 143 Å². The van der Waals surface area contributed by atoms with Crippen LogP contribution in [0.4, 0.5) is 0 Å². The number of hydrogen-bond donors (Lipinski definition) is 3. The van der Waals surface area contributed by atoms with Crippen LogP contribution in [0, 0.1) is 6.92 Å². The van der Waals surface area contributed by atoms with E-state index in [4.69, 9.17) is 4.74 Å². The van der Waals surface area contributed by atoms with Crippen LogP contribution in [-0.4, -0.2) is 29.9 Å². The molecule has 1 rings (SSSR count).